The second-order valence-electron chi connectivity index (χ2n) is 8.03. The van der Waals surface area contributed by atoms with Crippen molar-refractivity contribution in [3.05, 3.63) is 83.3 Å². The van der Waals surface area contributed by atoms with E-state index in [0.29, 0.717) is 23.8 Å². The number of anilines is 1. The predicted octanol–water partition coefficient (Wildman–Crippen LogP) is 4.47. The number of carbonyl (C=O) groups is 1. The maximum atomic E-state index is 13.2. The smallest absolute Gasteiger partial charge is 0.258 e. The van der Waals surface area contributed by atoms with Crippen LogP contribution in [0, 0.1) is 0 Å². The molecular formula is C24H26N2O4S. The van der Waals surface area contributed by atoms with Gasteiger partial charge in [0.15, 0.2) is 0 Å². The van der Waals surface area contributed by atoms with Crippen LogP contribution in [0.4, 0.5) is 5.69 Å². The number of aryl methyl sites for hydroxylation is 1. The summed E-state index contributed by atoms with van der Waals surface area (Å²) in [6.45, 7) is 5.04. The monoisotopic (exact) mass is 438 g/mol. The summed E-state index contributed by atoms with van der Waals surface area (Å²) >= 11 is 0. The number of amides is 1. The van der Waals surface area contributed by atoms with Gasteiger partial charge in [-0.1, -0.05) is 26.0 Å². The average Bonchev–Trinajstić information content (AvgIpc) is 3.30. The lowest BCUT2D eigenvalue weighted by Crippen LogP contribution is -2.35. The van der Waals surface area contributed by atoms with Gasteiger partial charge in [0.2, 0.25) is 10.0 Å². The van der Waals surface area contributed by atoms with Gasteiger partial charge in [-0.2, -0.15) is 0 Å². The molecule has 2 heterocycles. The quantitative estimate of drug-likeness (QED) is 0.616. The van der Waals surface area contributed by atoms with E-state index in [9.17, 15) is 13.2 Å². The van der Waals surface area contributed by atoms with Crippen LogP contribution in [0.15, 0.2) is 70.2 Å². The van der Waals surface area contributed by atoms with Gasteiger partial charge in [0.25, 0.3) is 5.91 Å². The number of carbonyl (C=O) groups excluding carboxylic acids is 1. The minimum absolute atomic E-state index is 0.0684. The van der Waals surface area contributed by atoms with Crippen molar-refractivity contribution in [2.45, 2.75) is 44.0 Å². The molecule has 1 aliphatic heterocycles. The first-order chi connectivity index (χ1) is 14.8. The number of fused-ring (bicyclic) bond motifs is 1. The number of furan rings is 1. The molecule has 4 rings (SSSR count). The number of nitrogens with one attached hydrogen (secondary N) is 1. The first kappa shape index (κ1) is 21.3. The summed E-state index contributed by atoms with van der Waals surface area (Å²) in [5.41, 5.74) is 3.86. The minimum Gasteiger partial charge on any atom is -0.468 e. The van der Waals surface area contributed by atoms with Gasteiger partial charge in [-0.25, -0.2) is 13.1 Å². The van der Waals surface area contributed by atoms with E-state index in [1.54, 1.807) is 29.2 Å². The van der Waals surface area contributed by atoms with Crippen LogP contribution in [0.1, 0.15) is 53.4 Å². The Labute approximate surface area is 182 Å². The van der Waals surface area contributed by atoms with Crippen molar-refractivity contribution < 1.29 is 17.6 Å². The Morgan fingerprint density at radius 2 is 1.90 bits per heavy atom. The Kier molecular flexibility index (Phi) is 5.98. The Morgan fingerprint density at radius 1 is 1.13 bits per heavy atom. The number of rotatable bonds is 6. The van der Waals surface area contributed by atoms with Crippen LogP contribution in [0.2, 0.25) is 0 Å². The van der Waals surface area contributed by atoms with E-state index in [1.165, 1.54) is 29.5 Å². The first-order valence-corrected chi connectivity index (χ1v) is 11.9. The lowest BCUT2D eigenvalue weighted by Gasteiger charge is -2.30. The van der Waals surface area contributed by atoms with Crippen molar-refractivity contribution in [3.8, 4) is 0 Å². The topological polar surface area (TPSA) is 79.6 Å². The molecule has 1 aliphatic rings. The maximum absolute atomic E-state index is 13.2. The normalized spacial score (nSPS) is 14.0. The van der Waals surface area contributed by atoms with Crippen molar-refractivity contribution in [3.63, 3.8) is 0 Å². The molecule has 31 heavy (non-hydrogen) atoms. The van der Waals surface area contributed by atoms with Crippen LogP contribution < -0.4 is 9.62 Å². The van der Waals surface area contributed by atoms with Gasteiger partial charge in [0.1, 0.15) is 5.76 Å². The fraction of sp³-hybridized carbons (Fsp3) is 0.292. The van der Waals surface area contributed by atoms with Gasteiger partial charge in [-0.15, -0.1) is 0 Å². The number of hydrogen-bond acceptors (Lipinski definition) is 4. The lowest BCUT2D eigenvalue weighted by molar-refractivity contribution is 0.0985. The highest BCUT2D eigenvalue weighted by Crippen LogP contribution is 2.31. The molecule has 0 bridgehead atoms. The van der Waals surface area contributed by atoms with Crippen molar-refractivity contribution in [1.82, 2.24) is 4.72 Å². The summed E-state index contributed by atoms with van der Waals surface area (Å²) in [5, 5.41) is 0. The van der Waals surface area contributed by atoms with E-state index < -0.39 is 10.0 Å². The van der Waals surface area contributed by atoms with Gasteiger partial charge < -0.3 is 9.32 Å². The van der Waals surface area contributed by atoms with Crippen LogP contribution in [-0.4, -0.2) is 20.9 Å². The second kappa shape index (κ2) is 8.69. The molecule has 0 atom stereocenters. The first-order valence-electron chi connectivity index (χ1n) is 10.4. The highest BCUT2D eigenvalue weighted by atomic mass is 32.2. The van der Waals surface area contributed by atoms with Crippen LogP contribution in [-0.2, 0) is 23.0 Å². The van der Waals surface area contributed by atoms with E-state index in [4.69, 9.17) is 4.42 Å². The molecular weight excluding hydrogens is 412 g/mol. The van der Waals surface area contributed by atoms with Gasteiger partial charge >= 0.3 is 0 Å². The molecule has 2 aromatic carbocycles. The largest absolute Gasteiger partial charge is 0.468 e. The third-order valence-electron chi connectivity index (χ3n) is 5.56. The molecule has 3 aromatic rings. The Morgan fingerprint density at radius 3 is 2.58 bits per heavy atom. The molecule has 1 aromatic heterocycles. The number of benzene rings is 2. The molecule has 0 aliphatic carbocycles. The summed E-state index contributed by atoms with van der Waals surface area (Å²) in [4.78, 5) is 15.1. The zero-order chi connectivity index (χ0) is 22.0. The highest BCUT2D eigenvalue weighted by Gasteiger charge is 2.24. The van der Waals surface area contributed by atoms with Gasteiger partial charge in [0, 0.05) is 17.8 Å². The Balaban J connectivity index is 1.51. The van der Waals surface area contributed by atoms with Crippen LogP contribution in [0.3, 0.4) is 0 Å². The molecule has 0 saturated carbocycles. The molecule has 0 unspecified atom stereocenters. The predicted molar refractivity (Wildman–Crippen MR) is 120 cm³/mol. The van der Waals surface area contributed by atoms with Crippen molar-refractivity contribution in [2.24, 2.45) is 0 Å². The molecule has 0 radical (unpaired) electrons. The number of nitrogens with zero attached hydrogens (tertiary/aromatic N) is 1. The molecule has 1 N–H and O–H groups in total. The van der Waals surface area contributed by atoms with E-state index in [-0.39, 0.29) is 17.3 Å². The van der Waals surface area contributed by atoms with E-state index in [0.717, 1.165) is 18.5 Å². The SMILES string of the molecule is CC(C)c1ccc2c(c1)CCCN2C(=O)c1ccc(S(=O)(=O)NCc2ccco2)cc1. The van der Waals surface area contributed by atoms with Gasteiger partial charge in [-0.05, 0) is 72.4 Å². The highest BCUT2D eigenvalue weighted by molar-refractivity contribution is 7.89. The standard InChI is InChI=1S/C24H26N2O4S/c1-17(2)19-9-12-23-20(15-19)5-3-13-26(23)24(27)18-7-10-22(11-8-18)31(28,29)25-16-21-6-4-14-30-21/h4,6-12,14-15,17,25H,3,5,13,16H2,1-2H3. The van der Waals surface area contributed by atoms with Crippen LogP contribution >= 0.6 is 0 Å². The van der Waals surface area contributed by atoms with E-state index in [2.05, 4.69) is 30.7 Å². The third kappa shape index (κ3) is 4.57. The molecule has 0 saturated heterocycles. The summed E-state index contributed by atoms with van der Waals surface area (Å²) in [7, 11) is -3.70. The van der Waals surface area contributed by atoms with Crippen molar-refractivity contribution in [2.75, 3.05) is 11.4 Å². The zero-order valence-corrected chi connectivity index (χ0v) is 18.5. The average molecular weight is 439 g/mol. The maximum Gasteiger partial charge on any atom is 0.258 e. The minimum atomic E-state index is -3.70. The second-order valence-corrected chi connectivity index (χ2v) is 9.80. The molecule has 0 spiro atoms. The van der Waals surface area contributed by atoms with Crippen molar-refractivity contribution >= 4 is 21.6 Å². The molecule has 1 amide bonds. The summed E-state index contributed by atoms with van der Waals surface area (Å²) in [6.07, 6.45) is 3.36. The third-order valence-corrected chi connectivity index (χ3v) is 6.98. The van der Waals surface area contributed by atoms with E-state index in [1.807, 2.05) is 6.07 Å². The molecule has 6 nitrogen and oxygen atoms in total. The lowest BCUT2D eigenvalue weighted by atomic mass is 9.94. The molecule has 0 fully saturated rings. The van der Waals surface area contributed by atoms with Crippen molar-refractivity contribution in [1.29, 1.82) is 0 Å². The zero-order valence-electron chi connectivity index (χ0n) is 17.7. The number of sulfonamides is 1. The Bertz CT molecular complexity index is 1170. The fourth-order valence-electron chi connectivity index (χ4n) is 3.78. The summed E-state index contributed by atoms with van der Waals surface area (Å²) < 4.78 is 32.7. The number of hydrogen-bond donors (Lipinski definition) is 1. The van der Waals surface area contributed by atoms with Crippen LogP contribution in [0.5, 0.6) is 0 Å². The van der Waals surface area contributed by atoms with Gasteiger partial charge in [0.05, 0.1) is 17.7 Å². The van der Waals surface area contributed by atoms with Crippen LogP contribution in [0.25, 0.3) is 0 Å². The molecule has 7 heteroatoms. The molecule has 162 valence electrons. The summed E-state index contributed by atoms with van der Waals surface area (Å²) in [5.74, 6) is 0.845. The fourth-order valence-corrected chi connectivity index (χ4v) is 4.78. The van der Waals surface area contributed by atoms with Gasteiger partial charge in [-0.3, -0.25) is 4.79 Å². The van der Waals surface area contributed by atoms with E-state index >= 15 is 0 Å². The Hall–Kier alpha value is -2.90. The summed E-state index contributed by atoms with van der Waals surface area (Å²) in [6, 6.07) is 15.8.